The van der Waals surface area contributed by atoms with E-state index in [1.807, 2.05) is 4.90 Å². The molecular weight excluding hydrogens is 190 g/mol. The maximum Gasteiger partial charge on any atom is 0.289 e. The Labute approximate surface area is 90.1 Å². The Morgan fingerprint density at radius 2 is 2.07 bits per heavy atom. The molecule has 0 saturated carbocycles. The van der Waals surface area contributed by atoms with E-state index in [9.17, 15) is 4.79 Å². The minimum atomic E-state index is 0.0263. The van der Waals surface area contributed by atoms with Crippen molar-refractivity contribution in [2.75, 3.05) is 13.1 Å². The van der Waals surface area contributed by atoms with Crippen LogP contribution in [0.25, 0.3) is 0 Å². The number of rotatable bonds is 1. The van der Waals surface area contributed by atoms with Gasteiger partial charge in [0, 0.05) is 13.1 Å². The van der Waals surface area contributed by atoms with E-state index in [0.29, 0.717) is 17.6 Å². The standard InChI is InChI=1S/C12H17NO2/c1-9-6-10(2)8-13(7-9)12(14)11-4-3-5-15-11/h3-5,9-10H,6-8H2,1-2H3/t9-,10-/m1/s1. The zero-order valence-electron chi connectivity index (χ0n) is 9.27. The summed E-state index contributed by atoms with van der Waals surface area (Å²) in [5, 5.41) is 0. The Morgan fingerprint density at radius 3 is 2.60 bits per heavy atom. The zero-order chi connectivity index (χ0) is 10.8. The molecule has 1 saturated heterocycles. The monoisotopic (exact) mass is 207 g/mol. The van der Waals surface area contributed by atoms with Gasteiger partial charge in [-0.1, -0.05) is 13.8 Å². The summed E-state index contributed by atoms with van der Waals surface area (Å²) < 4.78 is 5.13. The second-order valence-electron chi connectivity index (χ2n) is 4.63. The van der Waals surface area contributed by atoms with Gasteiger partial charge in [0.2, 0.25) is 0 Å². The van der Waals surface area contributed by atoms with Crippen molar-refractivity contribution in [1.82, 2.24) is 4.90 Å². The van der Waals surface area contributed by atoms with E-state index in [1.54, 1.807) is 18.4 Å². The average Bonchev–Trinajstić information content (AvgIpc) is 2.67. The highest BCUT2D eigenvalue weighted by Gasteiger charge is 2.27. The average molecular weight is 207 g/mol. The van der Waals surface area contributed by atoms with Crippen LogP contribution in [0.5, 0.6) is 0 Å². The van der Waals surface area contributed by atoms with Gasteiger partial charge in [0.1, 0.15) is 0 Å². The normalized spacial score (nSPS) is 26.7. The predicted molar refractivity (Wildman–Crippen MR) is 57.6 cm³/mol. The van der Waals surface area contributed by atoms with Crippen LogP contribution in [-0.4, -0.2) is 23.9 Å². The highest BCUT2D eigenvalue weighted by Crippen LogP contribution is 2.22. The van der Waals surface area contributed by atoms with Gasteiger partial charge >= 0.3 is 0 Å². The largest absolute Gasteiger partial charge is 0.459 e. The van der Waals surface area contributed by atoms with Crippen molar-refractivity contribution in [3.05, 3.63) is 24.2 Å². The van der Waals surface area contributed by atoms with Crippen molar-refractivity contribution in [3.8, 4) is 0 Å². The molecular formula is C12H17NO2. The first-order valence-electron chi connectivity index (χ1n) is 5.49. The van der Waals surface area contributed by atoms with Gasteiger partial charge in [-0.05, 0) is 30.4 Å². The SMILES string of the molecule is C[C@@H]1C[C@@H](C)CN(C(=O)c2ccco2)C1. The van der Waals surface area contributed by atoms with Crippen molar-refractivity contribution in [2.24, 2.45) is 11.8 Å². The molecule has 3 nitrogen and oxygen atoms in total. The van der Waals surface area contributed by atoms with Gasteiger partial charge in [0.15, 0.2) is 5.76 Å². The summed E-state index contributed by atoms with van der Waals surface area (Å²) in [5.74, 6) is 1.66. The fourth-order valence-electron chi connectivity index (χ4n) is 2.38. The summed E-state index contributed by atoms with van der Waals surface area (Å²) in [6.45, 7) is 6.09. The lowest BCUT2D eigenvalue weighted by Gasteiger charge is -2.34. The Morgan fingerprint density at radius 1 is 1.40 bits per heavy atom. The number of piperidine rings is 1. The van der Waals surface area contributed by atoms with Gasteiger partial charge in [-0.15, -0.1) is 0 Å². The Kier molecular flexibility index (Phi) is 2.80. The summed E-state index contributed by atoms with van der Waals surface area (Å²) in [6.07, 6.45) is 2.76. The Hall–Kier alpha value is -1.25. The van der Waals surface area contributed by atoms with Gasteiger partial charge < -0.3 is 9.32 Å². The van der Waals surface area contributed by atoms with Crippen LogP contribution >= 0.6 is 0 Å². The zero-order valence-corrected chi connectivity index (χ0v) is 9.27. The summed E-state index contributed by atoms with van der Waals surface area (Å²) >= 11 is 0. The van der Waals surface area contributed by atoms with E-state index < -0.39 is 0 Å². The molecule has 0 bridgehead atoms. The van der Waals surface area contributed by atoms with E-state index in [0.717, 1.165) is 13.1 Å². The number of hydrogen-bond acceptors (Lipinski definition) is 2. The molecule has 15 heavy (non-hydrogen) atoms. The fourth-order valence-corrected chi connectivity index (χ4v) is 2.38. The molecule has 1 aromatic rings. The first-order chi connectivity index (χ1) is 7.16. The van der Waals surface area contributed by atoms with Gasteiger partial charge in [-0.2, -0.15) is 0 Å². The number of carbonyl (C=O) groups is 1. The molecule has 0 aromatic carbocycles. The van der Waals surface area contributed by atoms with E-state index in [4.69, 9.17) is 4.42 Å². The third-order valence-electron chi connectivity index (χ3n) is 2.89. The van der Waals surface area contributed by atoms with E-state index in [-0.39, 0.29) is 5.91 Å². The predicted octanol–water partition coefficient (Wildman–Crippen LogP) is 2.40. The van der Waals surface area contributed by atoms with Gasteiger partial charge in [-0.25, -0.2) is 0 Å². The Bertz CT molecular complexity index is 321. The molecule has 1 aliphatic rings. The lowest BCUT2D eigenvalue weighted by Crippen LogP contribution is -2.42. The maximum absolute atomic E-state index is 12.0. The van der Waals surface area contributed by atoms with Gasteiger partial charge in [0.25, 0.3) is 5.91 Å². The van der Waals surface area contributed by atoms with Crippen LogP contribution in [0.2, 0.25) is 0 Å². The minimum Gasteiger partial charge on any atom is -0.459 e. The lowest BCUT2D eigenvalue weighted by atomic mass is 9.92. The number of carbonyl (C=O) groups excluding carboxylic acids is 1. The first kappa shape index (κ1) is 10.3. The molecule has 3 heteroatoms. The highest BCUT2D eigenvalue weighted by molar-refractivity contribution is 5.91. The lowest BCUT2D eigenvalue weighted by molar-refractivity contribution is 0.0591. The van der Waals surface area contributed by atoms with Crippen LogP contribution in [0, 0.1) is 11.8 Å². The van der Waals surface area contributed by atoms with Crippen molar-refractivity contribution in [1.29, 1.82) is 0 Å². The van der Waals surface area contributed by atoms with Crippen LogP contribution < -0.4 is 0 Å². The summed E-state index contributed by atoms with van der Waals surface area (Å²) in [4.78, 5) is 13.9. The molecule has 0 N–H and O–H groups in total. The second kappa shape index (κ2) is 4.09. The second-order valence-corrected chi connectivity index (χ2v) is 4.63. The molecule has 2 atom stereocenters. The number of likely N-dealkylation sites (tertiary alicyclic amines) is 1. The third-order valence-corrected chi connectivity index (χ3v) is 2.89. The highest BCUT2D eigenvalue weighted by atomic mass is 16.3. The maximum atomic E-state index is 12.0. The van der Waals surface area contributed by atoms with E-state index in [2.05, 4.69) is 13.8 Å². The van der Waals surface area contributed by atoms with Crippen LogP contribution in [0.15, 0.2) is 22.8 Å². The number of nitrogens with zero attached hydrogens (tertiary/aromatic N) is 1. The molecule has 0 radical (unpaired) electrons. The van der Waals surface area contributed by atoms with Gasteiger partial charge in [-0.3, -0.25) is 4.79 Å². The summed E-state index contributed by atoms with van der Waals surface area (Å²) in [7, 11) is 0. The van der Waals surface area contributed by atoms with Crippen molar-refractivity contribution >= 4 is 5.91 Å². The Balaban J connectivity index is 2.07. The van der Waals surface area contributed by atoms with Crippen LogP contribution in [-0.2, 0) is 0 Å². The molecule has 1 aromatic heterocycles. The molecule has 2 heterocycles. The quantitative estimate of drug-likeness (QED) is 0.708. The van der Waals surface area contributed by atoms with Crippen molar-refractivity contribution in [2.45, 2.75) is 20.3 Å². The van der Waals surface area contributed by atoms with E-state index in [1.165, 1.54) is 6.42 Å². The molecule has 0 spiro atoms. The fraction of sp³-hybridized carbons (Fsp3) is 0.583. The molecule has 82 valence electrons. The smallest absolute Gasteiger partial charge is 0.289 e. The number of hydrogen-bond donors (Lipinski definition) is 0. The summed E-state index contributed by atoms with van der Waals surface area (Å²) in [5.41, 5.74) is 0. The number of amides is 1. The first-order valence-corrected chi connectivity index (χ1v) is 5.49. The molecule has 1 amide bonds. The third kappa shape index (κ3) is 2.22. The van der Waals surface area contributed by atoms with Crippen LogP contribution in [0.4, 0.5) is 0 Å². The van der Waals surface area contributed by atoms with E-state index >= 15 is 0 Å². The van der Waals surface area contributed by atoms with Crippen molar-refractivity contribution in [3.63, 3.8) is 0 Å². The van der Waals surface area contributed by atoms with Crippen molar-refractivity contribution < 1.29 is 9.21 Å². The summed E-state index contributed by atoms with van der Waals surface area (Å²) in [6, 6.07) is 3.48. The molecule has 1 fully saturated rings. The van der Waals surface area contributed by atoms with Gasteiger partial charge in [0.05, 0.1) is 6.26 Å². The molecule has 1 aliphatic heterocycles. The topological polar surface area (TPSA) is 33.5 Å². The molecule has 0 unspecified atom stereocenters. The van der Waals surface area contributed by atoms with Crippen LogP contribution in [0.3, 0.4) is 0 Å². The van der Waals surface area contributed by atoms with Crippen LogP contribution in [0.1, 0.15) is 30.8 Å². The molecule has 0 aliphatic carbocycles. The molecule has 2 rings (SSSR count). The minimum absolute atomic E-state index is 0.0263. The number of furan rings is 1.